The Kier molecular flexibility index (Phi) is 4.49. The van der Waals surface area contributed by atoms with Crippen molar-refractivity contribution in [2.24, 2.45) is 5.41 Å². The number of esters is 1. The molecule has 0 aliphatic heterocycles. The second-order valence-electron chi connectivity index (χ2n) is 3.73. The molecule has 0 aliphatic rings. The second-order valence-corrected chi connectivity index (χ2v) is 3.73. The van der Waals surface area contributed by atoms with Gasteiger partial charge in [-0.15, -0.1) is 0 Å². The quantitative estimate of drug-likeness (QED) is 0.393. The van der Waals surface area contributed by atoms with Crippen LogP contribution in [0.2, 0.25) is 0 Å². The Morgan fingerprint density at radius 1 is 1.64 bits per heavy atom. The van der Waals surface area contributed by atoms with Crippen molar-refractivity contribution in [3.05, 3.63) is 10.1 Å². The van der Waals surface area contributed by atoms with Crippen molar-refractivity contribution >= 4 is 5.97 Å². The second kappa shape index (κ2) is 4.90. The molecule has 6 nitrogen and oxygen atoms in total. The van der Waals surface area contributed by atoms with E-state index >= 15 is 0 Å². The summed E-state index contributed by atoms with van der Waals surface area (Å²) in [6, 6.07) is -1.15. The van der Waals surface area contributed by atoms with Crippen LogP contribution in [-0.4, -0.2) is 35.8 Å². The van der Waals surface area contributed by atoms with Crippen LogP contribution < -0.4 is 0 Å². The van der Waals surface area contributed by atoms with Gasteiger partial charge < -0.3 is 9.84 Å². The van der Waals surface area contributed by atoms with Gasteiger partial charge in [0.1, 0.15) is 6.61 Å². The number of aliphatic hydroxyl groups is 1. The highest BCUT2D eigenvalue weighted by atomic mass is 16.6. The van der Waals surface area contributed by atoms with Gasteiger partial charge in [-0.1, -0.05) is 13.8 Å². The molecular formula is C8H15NO5. The third-order valence-corrected chi connectivity index (χ3v) is 2.16. The predicted octanol–water partition coefficient (Wildman–Crippen LogP) is 0.213. The lowest BCUT2D eigenvalue weighted by Crippen LogP contribution is -2.40. The van der Waals surface area contributed by atoms with E-state index in [0.29, 0.717) is 0 Å². The zero-order chi connectivity index (χ0) is 11.4. The maximum absolute atomic E-state index is 10.9. The predicted molar refractivity (Wildman–Crippen MR) is 48.3 cm³/mol. The lowest BCUT2D eigenvalue weighted by atomic mass is 9.82. The lowest BCUT2D eigenvalue weighted by Gasteiger charge is -2.25. The Hall–Kier alpha value is -1.17. The average molecular weight is 205 g/mol. The maximum atomic E-state index is 10.9. The molecule has 0 aromatic heterocycles. The monoisotopic (exact) mass is 205 g/mol. The van der Waals surface area contributed by atoms with E-state index in [4.69, 9.17) is 5.11 Å². The smallest absolute Gasteiger partial charge is 0.306 e. The molecule has 0 saturated carbocycles. The van der Waals surface area contributed by atoms with Crippen LogP contribution >= 0.6 is 0 Å². The Labute approximate surface area is 82.0 Å². The topological polar surface area (TPSA) is 89.7 Å². The Balaban J connectivity index is 4.56. The molecule has 0 rings (SSSR count). The van der Waals surface area contributed by atoms with E-state index in [0.717, 1.165) is 0 Å². The molecule has 0 radical (unpaired) electrons. The number of aliphatic hydroxyl groups excluding tert-OH is 1. The van der Waals surface area contributed by atoms with Gasteiger partial charge in [0, 0.05) is 10.3 Å². The molecule has 0 spiro atoms. The van der Waals surface area contributed by atoms with Crippen molar-refractivity contribution in [1.29, 1.82) is 0 Å². The van der Waals surface area contributed by atoms with Gasteiger partial charge in [0.2, 0.25) is 6.04 Å². The first kappa shape index (κ1) is 12.8. The normalized spacial score (nSPS) is 13.4. The van der Waals surface area contributed by atoms with Crippen molar-refractivity contribution in [2.45, 2.75) is 26.3 Å². The van der Waals surface area contributed by atoms with Gasteiger partial charge in [-0.05, 0) is 0 Å². The van der Waals surface area contributed by atoms with Crippen molar-refractivity contribution in [2.75, 3.05) is 13.7 Å². The van der Waals surface area contributed by atoms with E-state index in [2.05, 4.69) is 4.74 Å². The van der Waals surface area contributed by atoms with E-state index < -0.39 is 29.0 Å². The highest BCUT2D eigenvalue weighted by Crippen LogP contribution is 2.27. The molecule has 0 amide bonds. The molecule has 1 N–H and O–H groups in total. The molecular weight excluding hydrogens is 190 g/mol. The molecule has 14 heavy (non-hydrogen) atoms. The molecule has 6 heteroatoms. The van der Waals surface area contributed by atoms with E-state index in [-0.39, 0.29) is 6.42 Å². The van der Waals surface area contributed by atoms with Crippen LogP contribution in [-0.2, 0) is 9.53 Å². The Morgan fingerprint density at radius 2 is 2.14 bits per heavy atom. The van der Waals surface area contributed by atoms with Gasteiger partial charge in [0.25, 0.3) is 0 Å². The van der Waals surface area contributed by atoms with Gasteiger partial charge >= 0.3 is 5.97 Å². The number of nitro groups is 1. The summed E-state index contributed by atoms with van der Waals surface area (Å²) in [7, 11) is 1.22. The fourth-order valence-electron chi connectivity index (χ4n) is 1.16. The largest absolute Gasteiger partial charge is 0.469 e. The summed E-state index contributed by atoms with van der Waals surface area (Å²) in [6.07, 6.45) is -0.0876. The molecule has 0 aliphatic carbocycles. The Morgan fingerprint density at radius 3 is 2.43 bits per heavy atom. The van der Waals surface area contributed by atoms with E-state index in [9.17, 15) is 14.9 Å². The van der Waals surface area contributed by atoms with Gasteiger partial charge in [-0.25, -0.2) is 0 Å². The van der Waals surface area contributed by atoms with Crippen molar-refractivity contribution in [3.63, 3.8) is 0 Å². The number of carbonyl (C=O) groups excluding carboxylic acids is 1. The van der Waals surface area contributed by atoms with Gasteiger partial charge in [-0.2, -0.15) is 0 Å². The lowest BCUT2D eigenvalue weighted by molar-refractivity contribution is -0.543. The number of nitrogens with zero attached hydrogens (tertiary/aromatic N) is 1. The number of hydrogen-bond donors (Lipinski definition) is 1. The van der Waals surface area contributed by atoms with Crippen LogP contribution in [0.15, 0.2) is 0 Å². The van der Waals surface area contributed by atoms with E-state index in [1.807, 2.05) is 0 Å². The van der Waals surface area contributed by atoms with Crippen LogP contribution in [0.3, 0.4) is 0 Å². The standard InChI is InChI=1S/C8H15NO5/c1-8(2,4-7(11)14-3)6(5-10)9(12)13/h6,10H,4-5H2,1-3H3. The molecule has 0 fully saturated rings. The molecule has 0 aromatic carbocycles. The summed E-state index contributed by atoms with van der Waals surface area (Å²) in [5.41, 5.74) is -0.911. The first-order valence-electron chi connectivity index (χ1n) is 4.16. The van der Waals surface area contributed by atoms with Gasteiger partial charge in [0.05, 0.1) is 13.5 Å². The first-order valence-corrected chi connectivity index (χ1v) is 4.16. The van der Waals surface area contributed by atoms with Crippen LogP contribution in [0, 0.1) is 15.5 Å². The van der Waals surface area contributed by atoms with E-state index in [1.54, 1.807) is 13.8 Å². The summed E-state index contributed by atoms with van der Waals surface area (Å²) in [5, 5.41) is 19.4. The highest BCUT2D eigenvalue weighted by Gasteiger charge is 2.40. The fourth-order valence-corrected chi connectivity index (χ4v) is 1.16. The summed E-state index contributed by atoms with van der Waals surface area (Å²) < 4.78 is 4.42. The highest BCUT2D eigenvalue weighted by molar-refractivity contribution is 5.70. The molecule has 1 atom stereocenters. The first-order chi connectivity index (χ1) is 6.35. The molecule has 82 valence electrons. The van der Waals surface area contributed by atoms with E-state index in [1.165, 1.54) is 7.11 Å². The maximum Gasteiger partial charge on any atom is 0.306 e. The zero-order valence-electron chi connectivity index (χ0n) is 8.52. The number of hydrogen-bond acceptors (Lipinski definition) is 5. The molecule has 1 unspecified atom stereocenters. The minimum absolute atomic E-state index is 0.0876. The zero-order valence-corrected chi connectivity index (χ0v) is 8.52. The fraction of sp³-hybridized carbons (Fsp3) is 0.875. The Bertz CT molecular complexity index is 226. The van der Waals surface area contributed by atoms with Gasteiger partial charge in [0.15, 0.2) is 0 Å². The van der Waals surface area contributed by atoms with Crippen LogP contribution in [0.1, 0.15) is 20.3 Å². The number of ether oxygens (including phenoxy) is 1. The minimum atomic E-state index is -1.15. The van der Waals surface area contributed by atoms with Crippen molar-refractivity contribution < 1.29 is 19.6 Å². The number of rotatable bonds is 5. The summed E-state index contributed by atoms with van der Waals surface area (Å²) in [5.74, 6) is -0.518. The molecule has 0 bridgehead atoms. The average Bonchev–Trinajstić information content (AvgIpc) is 2.02. The minimum Gasteiger partial charge on any atom is -0.469 e. The van der Waals surface area contributed by atoms with Crippen molar-refractivity contribution in [1.82, 2.24) is 0 Å². The summed E-state index contributed by atoms with van der Waals surface area (Å²) in [6.45, 7) is 2.51. The SMILES string of the molecule is COC(=O)CC(C)(C)C(CO)[N+](=O)[O-]. The number of carbonyl (C=O) groups is 1. The molecule has 0 heterocycles. The summed E-state index contributed by atoms with van der Waals surface area (Å²) >= 11 is 0. The van der Waals surface area contributed by atoms with Crippen LogP contribution in [0.5, 0.6) is 0 Å². The van der Waals surface area contributed by atoms with Crippen LogP contribution in [0.25, 0.3) is 0 Å². The summed E-state index contributed by atoms with van der Waals surface area (Å²) in [4.78, 5) is 20.9. The molecule has 0 aromatic rings. The third-order valence-electron chi connectivity index (χ3n) is 2.16. The van der Waals surface area contributed by atoms with Crippen LogP contribution in [0.4, 0.5) is 0 Å². The van der Waals surface area contributed by atoms with Crippen molar-refractivity contribution in [3.8, 4) is 0 Å². The van der Waals surface area contributed by atoms with Gasteiger partial charge in [-0.3, -0.25) is 14.9 Å². The number of methoxy groups -OCH3 is 1. The molecule has 0 saturated heterocycles. The third kappa shape index (κ3) is 3.29.